The first kappa shape index (κ1) is 20.6. The third-order valence-electron chi connectivity index (χ3n) is 5.08. The summed E-state index contributed by atoms with van der Waals surface area (Å²) in [6, 6.07) is 5.90. The number of hydrogen-bond donors (Lipinski definition) is 0. The first-order valence-electron chi connectivity index (χ1n) is 9.40. The molecule has 2 rings (SSSR count). The number of ether oxygens (including phenoxy) is 3. The number of carbonyl (C=O) groups excluding carboxylic acids is 2. The highest BCUT2D eigenvalue weighted by Crippen LogP contribution is 2.26. The second kappa shape index (κ2) is 10.4. The number of aldehydes is 1. The normalized spacial score (nSPS) is 24.7. The molecule has 0 amide bonds. The highest BCUT2D eigenvalue weighted by Gasteiger charge is 2.27. The lowest BCUT2D eigenvalue weighted by Gasteiger charge is -2.28. The van der Waals surface area contributed by atoms with E-state index in [1.54, 1.807) is 7.11 Å². The summed E-state index contributed by atoms with van der Waals surface area (Å²) in [5.41, 5.74) is 2.58. The highest BCUT2D eigenvalue weighted by molar-refractivity contribution is 5.93. The van der Waals surface area contributed by atoms with Crippen LogP contribution in [0.2, 0.25) is 0 Å². The number of methoxy groups -OCH3 is 1. The summed E-state index contributed by atoms with van der Waals surface area (Å²) in [5.74, 6) is -0.0434. The number of rotatable bonds is 5. The van der Waals surface area contributed by atoms with Crippen molar-refractivity contribution in [3.63, 3.8) is 0 Å². The van der Waals surface area contributed by atoms with E-state index in [-0.39, 0.29) is 25.3 Å². The maximum atomic E-state index is 12.8. The molecule has 0 saturated carbocycles. The van der Waals surface area contributed by atoms with Crippen molar-refractivity contribution in [3.05, 3.63) is 34.9 Å². The molecule has 1 aromatic carbocycles. The molecule has 26 heavy (non-hydrogen) atoms. The third-order valence-corrected chi connectivity index (χ3v) is 5.08. The number of cyclic esters (lactones) is 1. The molecular formula is C21H30O5. The molecule has 3 atom stereocenters. The van der Waals surface area contributed by atoms with Gasteiger partial charge in [-0.25, -0.2) is 4.79 Å². The summed E-state index contributed by atoms with van der Waals surface area (Å²) in [6.07, 6.45) is 4.83. The largest absolute Gasteiger partial charge is 0.458 e. The van der Waals surface area contributed by atoms with Gasteiger partial charge in [-0.15, -0.1) is 0 Å². The van der Waals surface area contributed by atoms with E-state index in [2.05, 4.69) is 6.92 Å². The van der Waals surface area contributed by atoms with Crippen molar-refractivity contribution in [2.45, 2.75) is 64.6 Å². The van der Waals surface area contributed by atoms with E-state index >= 15 is 0 Å². The Hall–Kier alpha value is -1.72. The van der Waals surface area contributed by atoms with Crippen LogP contribution in [0.3, 0.4) is 0 Å². The minimum Gasteiger partial charge on any atom is -0.458 e. The van der Waals surface area contributed by atoms with Crippen LogP contribution in [0.1, 0.15) is 60.5 Å². The van der Waals surface area contributed by atoms with E-state index in [1.807, 2.05) is 25.1 Å². The molecule has 5 nitrogen and oxygen atoms in total. The molecule has 0 aliphatic carbocycles. The van der Waals surface area contributed by atoms with Crippen LogP contribution in [-0.2, 0) is 25.4 Å². The summed E-state index contributed by atoms with van der Waals surface area (Å²) < 4.78 is 16.6. The minimum atomic E-state index is -0.490. The van der Waals surface area contributed by atoms with E-state index in [0.717, 1.165) is 43.1 Å². The van der Waals surface area contributed by atoms with E-state index in [0.29, 0.717) is 17.9 Å². The Morgan fingerprint density at radius 2 is 2.12 bits per heavy atom. The van der Waals surface area contributed by atoms with Gasteiger partial charge >= 0.3 is 5.97 Å². The van der Waals surface area contributed by atoms with Gasteiger partial charge in [0.15, 0.2) is 0 Å². The lowest BCUT2D eigenvalue weighted by atomic mass is 9.90. The summed E-state index contributed by atoms with van der Waals surface area (Å²) in [5, 5.41) is 0. The van der Waals surface area contributed by atoms with Crippen LogP contribution >= 0.6 is 0 Å². The smallest absolute Gasteiger partial charge is 0.338 e. The average Bonchev–Trinajstić information content (AvgIpc) is 2.61. The fourth-order valence-corrected chi connectivity index (χ4v) is 3.59. The summed E-state index contributed by atoms with van der Waals surface area (Å²) in [4.78, 5) is 23.9. The summed E-state index contributed by atoms with van der Waals surface area (Å²) >= 11 is 0. The summed E-state index contributed by atoms with van der Waals surface area (Å²) in [6.45, 7) is 4.26. The van der Waals surface area contributed by atoms with Crippen molar-refractivity contribution in [1.82, 2.24) is 0 Å². The second-order valence-corrected chi connectivity index (χ2v) is 7.11. The van der Waals surface area contributed by atoms with Gasteiger partial charge in [-0.05, 0) is 43.2 Å². The number of carbonyl (C=O) groups is 2. The molecule has 5 heteroatoms. The molecule has 1 aliphatic rings. The van der Waals surface area contributed by atoms with Gasteiger partial charge in [0.25, 0.3) is 0 Å². The van der Waals surface area contributed by atoms with E-state index in [9.17, 15) is 9.59 Å². The van der Waals surface area contributed by atoms with E-state index in [1.165, 1.54) is 0 Å². The third kappa shape index (κ3) is 5.64. The van der Waals surface area contributed by atoms with Crippen LogP contribution < -0.4 is 0 Å². The first-order valence-corrected chi connectivity index (χ1v) is 9.40. The first-order chi connectivity index (χ1) is 12.6. The van der Waals surface area contributed by atoms with Gasteiger partial charge in [-0.1, -0.05) is 31.5 Å². The quantitative estimate of drug-likeness (QED) is 0.452. The second-order valence-electron chi connectivity index (χ2n) is 7.11. The van der Waals surface area contributed by atoms with Gasteiger partial charge < -0.3 is 19.0 Å². The predicted octanol–water partition coefficient (Wildman–Crippen LogP) is 3.85. The maximum Gasteiger partial charge on any atom is 0.338 e. The number of esters is 1. The molecule has 0 bridgehead atoms. The van der Waals surface area contributed by atoms with Crippen LogP contribution in [0.4, 0.5) is 0 Å². The SMILES string of the molecule is COCO[C@@H]1CC(CC=O)OC(=O)c2c(C)cccc2CCCC[C@@H]1C. The average molecular weight is 362 g/mol. The van der Waals surface area contributed by atoms with Crippen molar-refractivity contribution in [1.29, 1.82) is 0 Å². The predicted molar refractivity (Wildman–Crippen MR) is 99.1 cm³/mol. The zero-order valence-electron chi connectivity index (χ0n) is 16.0. The van der Waals surface area contributed by atoms with Crippen LogP contribution in [0.15, 0.2) is 18.2 Å². The van der Waals surface area contributed by atoms with Crippen molar-refractivity contribution in [2.75, 3.05) is 13.9 Å². The molecule has 1 heterocycles. The molecule has 1 aliphatic heterocycles. The lowest BCUT2D eigenvalue weighted by Crippen LogP contribution is -2.31. The van der Waals surface area contributed by atoms with E-state index < -0.39 is 6.10 Å². The lowest BCUT2D eigenvalue weighted by molar-refractivity contribution is -0.114. The highest BCUT2D eigenvalue weighted by atomic mass is 16.7. The Balaban J connectivity index is 2.27. The molecule has 0 N–H and O–H groups in total. The van der Waals surface area contributed by atoms with Crippen LogP contribution in [0.25, 0.3) is 0 Å². The van der Waals surface area contributed by atoms with Crippen LogP contribution in [0.5, 0.6) is 0 Å². The van der Waals surface area contributed by atoms with Crippen molar-refractivity contribution < 1.29 is 23.8 Å². The fourth-order valence-electron chi connectivity index (χ4n) is 3.59. The molecule has 0 radical (unpaired) electrons. The topological polar surface area (TPSA) is 61.8 Å². The zero-order chi connectivity index (χ0) is 18.9. The van der Waals surface area contributed by atoms with Crippen LogP contribution in [-0.4, -0.2) is 38.4 Å². The van der Waals surface area contributed by atoms with Gasteiger partial charge in [0.05, 0.1) is 11.7 Å². The molecule has 1 unspecified atom stereocenters. The Morgan fingerprint density at radius 1 is 1.31 bits per heavy atom. The molecule has 0 aromatic heterocycles. The number of hydrogen-bond acceptors (Lipinski definition) is 5. The molecular weight excluding hydrogens is 332 g/mol. The molecule has 0 saturated heterocycles. The van der Waals surface area contributed by atoms with Gasteiger partial charge in [0.1, 0.15) is 19.2 Å². The monoisotopic (exact) mass is 362 g/mol. The molecule has 0 fully saturated rings. The van der Waals surface area contributed by atoms with E-state index in [4.69, 9.17) is 14.2 Å². The van der Waals surface area contributed by atoms with Crippen molar-refractivity contribution in [3.8, 4) is 0 Å². The maximum absolute atomic E-state index is 12.8. The Bertz CT molecular complexity index is 598. The molecule has 144 valence electrons. The van der Waals surface area contributed by atoms with Gasteiger partial charge in [-0.3, -0.25) is 0 Å². The Morgan fingerprint density at radius 3 is 2.85 bits per heavy atom. The van der Waals surface area contributed by atoms with Gasteiger partial charge in [0.2, 0.25) is 0 Å². The number of aryl methyl sites for hydroxylation is 2. The molecule has 1 aromatic rings. The fraction of sp³-hybridized carbons (Fsp3) is 0.619. The minimum absolute atomic E-state index is 0.108. The standard InChI is InChI=1S/C21H30O5/c1-15-7-4-5-9-17-10-6-8-16(2)20(17)21(23)26-18(11-12-22)13-19(15)25-14-24-3/h6,8,10,12,15,18-19H,4-5,7,9,11,13-14H2,1-3H3/t15-,18?,19+/m0/s1. The summed E-state index contributed by atoms with van der Waals surface area (Å²) in [7, 11) is 1.59. The zero-order valence-corrected chi connectivity index (χ0v) is 16.0. The van der Waals surface area contributed by atoms with Gasteiger partial charge in [-0.2, -0.15) is 0 Å². The Kier molecular flexibility index (Phi) is 8.26. The Labute approximate surface area is 156 Å². The van der Waals surface area contributed by atoms with Crippen LogP contribution in [0, 0.1) is 12.8 Å². The van der Waals surface area contributed by atoms with Crippen molar-refractivity contribution in [2.24, 2.45) is 5.92 Å². The van der Waals surface area contributed by atoms with Gasteiger partial charge in [0, 0.05) is 20.0 Å². The van der Waals surface area contributed by atoms with Crippen molar-refractivity contribution >= 4 is 12.3 Å². The number of benzene rings is 1. The number of fused-ring (bicyclic) bond motifs is 1. The molecule has 0 spiro atoms.